The number of likely N-dealkylation sites (tertiary alicyclic amines) is 1. The molecule has 0 aromatic rings. The Balaban J connectivity index is 0.00000225. The maximum Gasteiger partial charge on any atom is 0.325 e. The van der Waals surface area contributed by atoms with Gasteiger partial charge in [0.25, 0.3) is 5.91 Å². The average Bonchev–Trinajstić information content (AvgIpc) is 3.13. The summed E-state index contributed by atoms with van der Waals surface area (Å²) >= 11 is 0. The lowest BCUT2D eigenvalue weighted by Crippen LogP contribution is -2.44. The number of rotatable bonds is 5. The maximum atomic E-state index is 12.6. The fourth-order valence-electron chi connectivity index (χ4n) is 4.24. The molecular weight excluding hydrogens is 344 g/mol. The number of nitrogens with zero attached hydrogens (tertiary/aromatic N) is 2. The van der Waals surface area contributed by atoms with Crippen molar-refractivity contribution in [2.75, 3.05) is 33.2 Å². The third kappa shape index (κ3) is 4.08. The van der Waals surface area contributed by atoms with E-state index < -0.39 is 5.54 Å². The minimum absolute atomic E-state index is 0. The van der Waals surface area contributed by atoms with Crippen LogP contribution in [0.25, 0.3) is 0 Å². The van der Waals surface area contributed by atoms with Crippen LogP contribution in [-0.4, -0.2) is 66.4 Å². The summed E-state index contributed by atoms with van der Waals surface area (Å²) in [5.74, 6) is 0.545. The summed E-state index contributed by atoms with van der Waals surface area (Å²) < 4.78 is 0. The van der Waals surface area contributed by atoms with Gasteiger partial charge in [0.1, 0.15) is 5.54 Å². The highest BCUT2D eigenvalue weighted by Gasteiger charge is 2.52. The van der Waals surface area contributed by atoms with Crippen molar-refractivity contribution in [3.8, 4) is 0 Å². The first-order valence-corrected chi connectivity index (χ1v) is 9.12. The van der Waals surface area contributed by atoms with Crippen LogP contribution >= 0.6 is 12.4 Å². The highest BCUT2D eigenvalue weighted by molar-refractivity contribution is 6.07. The Kier molecular flexibility index (Phi) is 6.68. The second-order valence-corrected chi connectivity index (χ2v) is 7.31. The van der Waals surface area contributed by atoms with E-state index >= 15 is 0 Å². The predicted octanol–water partition coefficient (Wildman–Crippen LogP) is 1.12. The van der Waals surface area contributed by atoms with Crippen molar-refractivity contribution in [1.82, 2.24) is 20.4 Å². The van der Waals surface area contributed by atoms with Crippen LogP contribution in [0.3, 0.4) is 0 Å². The molecule has 3 aliphatic rings. The number of carbonyl (C=O) groups excluding carboxylic acids is 3. The van der Waals surface area contributed by atoms with Gasteiger partial charge in [-0.1, -0.05) is 12.8 Å². The van der Waals surface area contributed by atoms with Gasteiger partial charge in [-0.25, -0.2) is 4.79 Å². The maximum absolute atomic E-state index is 12.6. The second kappa shape index (κ2) is 8.36. The van der Waals surface area contributed by atoms with E-state index in [1.54, 1.807) is 0 Å². The zero-order chi connectivity index (χ0) is 17.2. The third-order valence-corrected chi connectivity index (χ3v) is 5.71. The van der Waals surface area contributed by atoms with E-state index in [9.17, 15) is 14.4 Å². The molecule has 2 aliphatic heterocycles. The molecule has 3 rings (SSSR count). The Morgan fingerprint density at radius 3 is 2.48 bits per heavy atom. The Labute approximate surface area is 155 Å². The molecule has 4 amide bonds. The van der Waals surface area contributed by atoms with Crippen LogP contribution in [0.15, 0.2) is 0 Å². The van der Waals surface area contributed by atoms with Gasteiger partial charge in [-0.2, -0.15) is 0 Å². The highest BCUT2D eigenvalue weighted by atomic mass is 35.5. The molecule has 0 aromatic heterocycles. The van der Waals surface area contributed by atoms with Crippen molar-refractivity contribution in [3.63, 3.8) is 0 Å². The molecular formula is C17H29ClN4O3. The van der Waals surface area contributed by atoms with E-state index in [1.165, 1.54) is 4.90 Å². The first-order chi connectivity index (χ1) is 11.6. The monoisotopic (exact) mass is 372 g/mol. The number of urea groups is 1. The van der Waals surface area contributed by atoms with Gasteiger partial charge in [0.2, 0.25) is 5.91 Å². The van der Waals surface area contributed by atoms with Gasteiger partial charge in [-0.05, 0) is 45.2 Å². The number of hydrogen-bond acceptors (Lipinski definition) is 4. The topological polar surface area (TPSA) is 81.8 Å². The fraction of sp³-hybridized carbons (Fsp3) is 0.824. The molecule has 2 N–H and O–H groups in total. The van der Waals surface area contributed by atoms with Gasteiger partial charge in [0.15, 0.2) is 0 Å². The Morgan fingerprint density at radius 1 is 1.24 bits per heavy atom. The van der Waals surface area contributed by atoms with Gasteiger partial charge >= 0.3 is 6.03 Å². The quantitative estimate of drug-likeness (QED) is 0.708. The van der Waals surface area contributed by atoms with E-state index in [2.05, 4.69) is 10.6 Å². The molecule has 0 atom stereocenters. The molecule has 1 saturated carbocycles. The molecule has 2 saturated heterocycles. The smallest absolute Gasteiger partial charge is 0.325 e. The average molecular weight is 373 g/mol. The third-order valence-electron chi connectivity index (χ3n) is 5.71. The van der Waals surface area contributed by atoms with Gasteiger partial charge < -0.3 is 15.5 Å². The lowest BCUT2D eigenvalue weighted by atomic mass is 9.96. The molecule has 7 nitrogen and oxygen atoms in total. The molecule has 3 fully saturated rings. The summed E-state index contributed by atoms with van der Waals surface area (Å²) in [5.41, 5.74) is -0.675. The van der Waals surface area contributed by atoms with Crippen molar-refractivity contribution in [2.45, 2.75) is 50.5 Å². The lowest BCUT2D eigenvalue weighted by Gasteiger charge is -2.32. The van der Waals surface area contributed by atoms with Crippen molar-refractivity contribution < 1.29 is 14.4 Å². The normalized spacial score (nSPS) is 23.1. The van der Waals surface area contributed by atoms with E-state index in [0.29, 0.717) is 5.92 Å². The SMILES string of the molecule is CNCC1CCN(C(=O)CCN2C(=O)NC3(CCCC3)C2=O)CC1.Cl. The van der Waals surface area contributed by atoms with Crippen LogP contribution in [0.1, 0.15) is 44.9 Å². The van der Waals surface area contributed by atoms with Crippen LogP contribution in [0, 0.1) is 5.92 Å². The van der Waals surface area contributed by atoms with Crippen molar-refractivity contribution in [2.24, 2.45) is 5.92 Å². The number of hydrogen-bond donors (Lipinski definition) is 2. The second-order valence-electron chi connectivity index (χ2n) is 7.31. The highest BCUT2D eigenvalue weighted by Crippen LogP contribution is 2.35. The number of imide groups is 1. The molecule has 0 radical (unpaired) electrons. The number of nitrogens with one attached hydrogen (secondary N) is 2. The van der Waals surface area contributed by atoms with Gasteiger partial charge in [0.05, 0.1) is 0 Å². The van der Waals surface area contributed by atoms with Crippen LogP contribution in [0.4, 0.5) is 4.79 Å². The molecule has 2 heterocycles. The molecule has 1 aliphatic carbocycles. The van der Waals surface area contributed by atoms with E-state index in [-0.39, 0.29) is 43.2 Å². The summed E-state index contributed by atoms with van der Waals surface area (Å²) in [6.45, 7) is 2.73. The number of piperidine rings is 1. The Hall–Kier alpha value is -1.34. The van der Waals surface area contributed by atoms with Gasteiger partial charge in [-0.15, -0.1) is 12.4 Å². The van der Waals surface area contributed by atoms with Crippen LogP contribution in [0.5, 0.6) is 0 Å². The van der Waals surface area contributed by atoms with E-state index in [4.69, 9.17) is 0 Å². The first kappa shape index (κ1) is 20.0. The Morgan fingerprint density at radius 2 is 1.88 bits per heavy atom. The van der Waals surface area contributed by atoms with Gasteiger partial charge in [-0.3, -0.25) is 14.5 Å². The molecule has 1 spiro atoms. The molecule has 142 valence electrons. The van der Waals surface area contributed by atoms with Crippen LogP contribution in [-0.2, 0) is 9.59 Å². The number of halogens is 1. The van der Waals surface area contributed by atoms with E-state index in [0.717, 1.165) is 58.2 Å². The minimum Gasteiger partial charge on any atom is -0.343 e. The lowest BCUT2D eigenvalue weighted by molar-refractivity contribution is -0.134. The standard InChI is InChI=1S/C17H28N4O3.ClH/c1-18-12-13-4-9-20(10-5-13)14(22)6-11-21-15(23)17(19-16(21)24)7-2-3-8-17;/h13,18H,2-12H2,1H3,(H,19,24);1H. The van der Waals surface area contributed by atoms with Crippen LogP contribution in [0.2, 0.25) is 0 Å². The number of carbonyl (C=O) groups is 3. The summed E-state index contributed by atoms with van der Waals surface area (Å²) in [7, 11) is 1.95. The summed E-state index contributed by atoms with van der Waals surface area (Å²) in [4.78, 5) is 40.2. The molecule has 8 heteroatoms. The largest absolute Gasteiger partial charge is 0.343 e. The summed E-state index contributed by atoms with van der Waals surface area (Å²) in [6, 6.07) is -0.331. The molecule has 25 heavy (non-hydrogen) atoms. The van der Waals surface area contributed by atoms with Crippen molar-refractivity contribution in [1.29, 1.82) is 0 Å². The van der Waals surface area contributed by atoms with Crippen LogP contribution < -0.4 is 10.6 Å². The zero-order valence-corrected chi connectivity index (χ0v) is 15.7. The summed E-state index contributed by atoms with van der Waals surface area (Å²) in [5, 5.41) is 6.04. The minimum atomic E-state index is -0.675. The van der Waals surface area contributed by atoms with E-state index in [1.807, 2.05) is 11.9 Å². The summed E-state index contributed by atoms with van der Waals surface area (Å²) in [6.07, 6.45) is 5.65. The molecule has 0 unspecified atom stereocenters. The van der Waals surface area contributed by atoms with Crippen molar-refractivity contribution in [3.05, 3.63) is 0 Å². The Bertz CT molecular complexity index is 514. The zero-order valence-electron chi connectivity index (χ0n) is 14.9. The van der Waals surface area contributed by atoms with Crippen molar-refractivity contribution >= 4 is 30.3 Å². The first-order valence-electron chi connectivity index (χ1n) is 9.12. The van der Waals surface area contributed by atoms with Gasteiger partial charge in [0, 0.05) is 26.1 Å². The fourth-order valence-corrected chi connectivity index (χ4v) is 4.24. The predicted molar refractivity (Wildman–Crippen MR) is 96.5 cm³/mol. The molecule has 0 aromatic carbocycles. The number of amides is 4. The molecule has 0 bridgehead atoms.